The van der Waals surface area contributed by atoms with Gasteiger partial charge in [-0.1, -0.05) is 133 Å². The van der Waals surface area contributed by atoms with Crippen LogP contribution in [0.5, 0.6) is 0 Å². The van der Waals surface area contributed by atoms with E-state index in [2.05, 4.69) is 181 Å². The fourth-order valence-corrected chi connectivity index (χ4v) is 10.1. The predicted octanol–water partition coefficient (Wildman–Crippen LogP) is 15.9. The Hall–Kier alpha value is -9.56. The maximum Gasteiger partial charge on any atom is 0.198 e. The van der Waals surface area contributed by atoms with E-state index in [4.69, 9.17) is 23.1 Å². The van der Waals surface area contributed by atoms with Gasteiger partial charge in [0, 0.05) is 66.1 Å². The van der Waals surface area contributed by atoms with Crippen LogP contribution < -0.4 is 0 Å². The van der Waals surface area contributed by atoms with E-state index in [1.165, 1.54) is 43.6 Å². The van der Waals surface area contributed by atoms with Gasteiger partial charge in [0.2, 0.25) is 0 Å². The summed E-state index contributed by atoms with van der Waals surface area (Å²) in [5.41, 5.74) is 14.6. The normalized spacial score (nSPS) is 11.6. The van der Waals surface area contributed by atoms with Gasteiger partial charge in [0.25, 0.3) is 0 Å². The minimum Gasteiger partial charge on any atom is -0.309 e. The second-order valence-electron chi connectivity index (χ2n) is 16.7. The molecule has 13 aromatic rings. The lowest BCUT2D eigenvalue weighted by Crippen LogP contribution is -1.98. The molecule has 4 aromatic heterocycles. The van der Waals surface area contributed by atoms with Crippen LogP contribution in [0, 0.1) is 13.1 Å². The van der Waals surface area contributed by atoms with Gasteiger partial charge in [-0.05, 0) is 78.9 Å². The number of para-hydroxylation sites is 6. The minimum atomic E-state index is 0.434. The van der Waals surface area contributed by atoms with E-state index in [0.717, 1.165) is 44.4 Å². The monoisotopic (exact) mass is 853 g/mol. The fraction of sp³-hybridized carbons (Fsp3) is 0. The van der Waals surface area contributed by atoms with Crippen molar-refractivity contribution in [3.8, 4) is 51.0 Å². The van der Waals surface area contributed by atoms with Crippen LogP contribution in [-0.2, 0) is 0 Å². The Morgan fingerprint density at radius 3 is 1.18 bits per heavy atom. The van der Waals surface area contributed by atoms with E-state index in [1.54, 1.807) is 12.1 Å². The SMILES string of the molecule is [C-]#[N+]c1ccccc1-c1cc(-c2ccc(-n3c4ccc(-n5c6ccccc6c6ccccc65)cc4c4cc(-n5c6ccccc6c6ccccc65)ccc43)cc2)nc(-c2ccccc2[N+]#[C-])n1. The van der Waals surface area contributed by atoms with E-state index >= 15 is 0 Å². The molecule has 9 aromatic carbocycles. The van der Waals surface area contributed by atoms with Crippen molar-refractivity contribution >= 4 is 76.8 Å². The lowest BCUT2D eigenvalue weighted by molar-refractivity contribution is 1.16. The Kier molecular flexibility index (Phi) is 8.51. The van der Waals surface area contributed by atoms with Crippen molar-refractivity contribution in [1.82, 2.24) is 23.7 Å². The van der Waals surface area contributed by atoms with E-state index in [9.17, 15) is 0 Å². The lowest BCUT2D eigenvalue weighted by Gasteiger charge is -2.13. The van der Waals surface area contributed by atoms with E-state index in [1.807, 2.05) is 42.5 Å². The highest BCUT2D eigenvalue weighted by Crippen LogP contribution is 2.41. The van der Waals surface area contributed by atoms with Crippen molar-refractivity contribution in [2.75, 3.05) is 0 Å². The second-order valence-corrected chi connectivity index (χ2v) is 16.7. The molecular weight excluding hydrogens is 819 g/mol. The molecule has 0 fully saturated rings. The number of rotatable bonds is 6. The molecule has 67 heavy (non-hydrogen) atoms. The molecule has 7 heteroatoms. The molecule has 0 aliphatic rings. The van der Waals surface area contributed by atoms with Crippen LogP contribution in [-0.4, -0.2) is 23.7 Å². The number of fused-ring (bicyclic) bond motifs is 9. The molecular formula is C60H35N7. The Labute approximate surface area is 384 Å². The van der Waals surface area contributed by atoms with Crippen molar-refractivity contribution in [2.45, 2.75) is 0 Å². The number of hydrogen-bond acceptors (Lipinski definition) is 2. The standard InChI is InChI=1S/C60H35N7/c1-61-50-21-9-3-19-46(50)53-37-52(63-60(64-53)47-20-4-10-22-51(47)62-2)38-27-29-39(30-28-38)65-58-33-31-40(66-54-23-11-5-15-42(54)43-16-6-12-24-55(43)66)35-48(58)49-36-41(32-34-59(49)65)67-56-25-13-7-17-44(56)45-18-8-14-26-57(45)67/h3-37H. The zero-order valence-electron chi connectivity index (χ0n) is 35.8. The molecule has 310 valence electrons. The van der Waals surface area contributed by atoms with Crippen LogP contribution in [0.2, 0.25) is 0 Å². The third-order valence-corrected chi connectivity index (χ3v) is 13.1. The van der Waals surface area contributed by atoms with Crippen LogP contribution in [0.4, 0.5) is 11.4 Å². The average molecular weight is 854 g/mol. The maximum atomic E-state index is 7.90. The fourth-order valence-electron chi connectivity index (χ4n) is 10.1. The van der Waals surface area contributed by atoms with Gasteiger partial charge in [-0.3, -0.25) is 0 Å². The Balaban J connectivity index is 1.02. The molecule has 0 bridgehead atoms. The average Bonchev–Trinajstić information content (AvgIpc) is 4.04. The van der Waals surface area contributed by atoms with Gasteiger partial charge < -0.3 is 13.7 Å². The van der Waals surface area contributed by atoms with Gasteiger partial charge in [0.15, 0.2) is 11.4 Å². The summed E-state index contributed by atoms with van der Waals surface area (Å²) in [4.78, 5) is 17.6. The van der Waals surface area contributed by atoms with Gasteiger partial charge in [0.05, 0.1) is 57.6 Å². The summed E-state index contributed by atoms with van der Waals surface area (Å²) in [6, 6.07) is 73.6. The topological polar surface area (TPSA) is 49.3 Å². The van der Waals surface area contributed by atoms with Crippen molar-refractivity contribution in [3.63, 3.8) is 0 Å². The molecule has 13 rings (SSSR count). The highest BCUT2D eigenvalue weighted by Gasteiger charge is 2.20. The second kappa shape index (κ2) is 15.0. The molecule has 0 spiro atoms. The largest absolute Gasteiger partial charge is 0.309 e. The van der Waals surface area contributed by atoms with Crippen LogP contribution in [0.25, 0.3) is 126 Å². The number of hydrogen-bond donors (Lipinski definition) is 0. The molecule has 0 aliphatic heterocycles. The van der Waals surface area contributed by atoms with Gasteiger partial charge in [-0.15, -0.1) is 0 Å². The smallest absolute Gasteiger partial charge is 0.198 e. The predicted molar refractivity (Wildman–Crippen MR) is 274 cm³/mol. The number of benzene rings is 9. The molecule has 7 nitrogen and oxygen atoms in total. The molecule has 0 saturated carbocycles. The van der Waals surface area contributed by atoms with Crippen LogP contribution in [0.15, 0.2) is 212 Å². The lowest BCUT2D eigenvalue weighted by atomic mass is 10.0. The van der Waals surface area contributed by atoms with Crippen molar-refractivity contribution in [3.05, 3.63) is 235 Å². The first-order valence-corrected chi connectivity index (χ1v) is 22.1. The summed E-state index contributed by atoms with van der Waals surface area (Å²) in [6.45, 7) is 15.8. The van der Waals surface area contributed by atoms with Gasteiger partial charge in [-0.2, -0.15) is 0 Å². The van der Waals surface area contributed by atoms with Crippen molar-refractivity contribution < 1.29 is 0 Å². The van der Waals surface area contributed by atoms with Gasteiger partial charge in [0.1, 0.15) is 5.82 Å². The van der Waals surface area contributed by atoms with Gasteiger partial charge in [-0.25, -0.2) is 19.7 Å². The number of aromatic nitrogens is 5. The highest BCUT2D eigenvalue weighted by atomic mass is 15.0. The quantitative estimate of drug-likeness (QED) is 0.156. The third-order valence-electron chi connectivity index (χ3n) is 13.1. The summed E-state index contributed by atoms with van der Waals surface area (Å²) in [5.74, 6) is 0.434. The minimum absolute atomic E-state index is 0.434. The summed E-state index contributed by atoms with van der Waals surface area (Å²) in [6.07, 6.45) is 0. The number of nitrogens with zero attached hydrogens (tertiary/aromatic N) is 7. The molecule has 0 saturated heterocycles. The Morgan fingerprint density at radius 2 is 0.687 bits per heavy atom. The molecule has 0 aliphatic carbocycles. The van der Waals surface area contributed by atoms with Crippen molar-refractivity contribution in [2.24, 2.45) is 0 Å². The van der Waals surface area contributed by atoms with Crippen LogP contribution in [0.1, 0.15) is 0 Å². The molecule has 0 unspecified atom stereocenters. The first-order chi connectivity index (χ1) is 33.1. The summed E-state index contributed by atoms with van der Waals surface area (Å²) in [5, 5.41) is 7.19. The third kappa shape index (κ3) is 5.90. The molecule has 0 N–H and O–H groups in total. The molecule has 0 amide bonds. The molecule has 0 radical (unpaired) electrons. The molecule has 0 atom stereocenters. The van der Waals surface area contributed by atoms with Gasteiger partial charge >= 0.3 is 0 Å². The maximum absolute atomic E-state index is 7.90. The van der Waals surface area contributed by atoms with Crippen LogP contribution >= 0.6 is 0 Å². The summed E-state index contributed by atoms with van der Waals surface area (Å²) in [7, 11) is 0. The Morgan fingerprint density at radius 1 is 0.313 bits per heavy atom. The zero-order chi connectivity index (χ0) is 44.6. The summed E-state index contributed by atoms with van der Waals surface area (Å²) < 4.78 is 7.13. The molecule has 4 heterocycles. The highest BCUT2D eigenvalue weighted by molar-refractivity contribution is 6.14. The van der Waals surface area contributed by atoms with E-state index < -0.39 is 0 Å². The van der Waals surface area contributed by atoms with Crippen LogP contribution in [0.3, 0.4) is 0 Å². The Bertz CT molecular complexity index is 3890. The van der Waals surface area contributed by atoms with Crippen molar-refractivity contribution in [1.29, 1.82) is 0 Å². The summed E-state index contributed by atoms with van der Waals surface area (Å²) >= 11 is 0. The van der Waals surface area contributed by atoms with E-state index in [-0.39, 0.29) is 0 Å². The van der Waals surface area contributed by atoms with E-state index in [0.29, 0.717) is 39.7 Å². The zero-order valence-corrected chi connectivity index (χ0v) is 35.8. The first-order valence-electron chi connectivity index (χ1n) is 22.1. The first kappa shape index (κ1) is 37.9.